The van der Waals surface area contributed by atoms with Crippen LogP contribution in [0.1, 0.15) is 266 Å². The number of aliphatic hydroxyl groups excluding tert-OH is 1. The summed E-state index contributed by atoms with van der Waals surface area (Å²) in [6, 6.07) is 0. The monoisotopic (exact) mass is 810 g/mol. The molecule has 2 unspecified atom stereocenters. The topological polar surface area (TPSA) is 76.1 Å². The lowest BCUT2D eigenvalue weighted by atomic mass is 9.94. The molecule has 2 atom stereocenters. The van der Waals surface area contributed by atoms with Gasteiger partial charge in [0.1, 0.15) is 0 Å². The van der Waals surface area contributed by atoms with Gasteiger partial charge in [0.15, 0.2) is 0 Å². The molecule has 0 aliphatic rings. The molecule has 0 amide bonds. The molecule has 0 spiro atoms. The van der Waals surface area contributed by atoms with Gasteiger partial charge >= 0.3 is 5.97 Å². The number of esters is 1. The Morgan fingerprint density at radius 3 is 1.14 bits per heavy atom. The van der Waals surface area contributed by atoms with Gasteiger partial charge in [0, 0.05) is 13.0 Å². The summed E-state index contributed by atoms with van der Waals surface area (Å²) in [7, 11) is 0. The zero-order chi connectivity index (χ0) is 42.1. The standard InChI is InChI=1S/C30H61NO3.C21H42O2/c1-4-7-10-12-14-15-17-19-22-29(21-18-16-13-11-8-5-2)28-34-30(33)23-20-25-31(26-27-32)24-9-6-3;1-3-5-7-9-11-12-14-16-18-21(19-23-20-22)17-15-13-10-8-6-4-2/h29,32H,4-28H2,1-3H3;20-21H,3-19H2,1-2H3. The minimum absolute atomic E-state index is 0.0386. The molecule has 6 nitrogen and oxygen atoms in total. The molecule has 0 saturated heterocycles. The summed E-state index contributed by atoms with van der Waals surface area (Å²) in [6.45, 7) is 15.9. The van der Waals surface area contributed by atoms with E-state index in [0.29, 0.717) is 44.5 Å². The number of rotatable bonds is 46. The van der Waals surface area contributed by atoms with Crippen molar-refractivity contribution >= 4 is 12.4 Å². The smallest absolute Gasteiger partial charge is 0.305 e. The van der Waals surface area contributed by atoms with E-state index in [1.165, 1.54) is 205 Å². The van der Waals surface area contributed by atoms with Gasteiger partial charge in [-0.25, -0.2) is 0 Å². The van der Waals surface area contributed by atoms with Crippen LogP contribution in [-0.4, -0.2) is 61.9 Å². The van der Waals surface area contributed by atoms with Crippen molar-refractivity contribution in [2.75, 3.05) is 39.5 Å². The van der Waals surface area contributed by atoms with Crippen molar-refractivity contribution in [2.45, 2.75) is 266 Å². The Labute approximate surface area is 357 Å². The Bertz CT molecular complexity index is 764. The van der Waals surface area contributed by atoms with Crippen molar-refractivity contribution in [3.05, 3.63) is 0 Å². The fourth-order valence-electron chi connectivity index (χ4n) is 7.95. The van der Waals surface area contributed by atoms with Crippen LogP contribution in [0.5, 0.6) is 0 Å². The average Bonchev–Trinajstić information content (AvgIpc) is 3.22. The van der Waals surface area contributed by atoms with Crippen LogP contribution in [0.15, 0.2) is 0 Å². The SMILES string of the molecule is CCCCCCCCCCC(CCCCCCCC)COC(=O)CCCN(CCO)CCCC.CCCCCCCCCCC(CCCCCCCC)COC=O. The molecule has 0 aliphatic carbocycles. The van der Waals surface area contributed by atoms with Crippen LogP contribution in [0.4, 0.5) is 0 Å². The summed E-state index contributed by atoms with van der Waals surface area (Å²) in [5.74, 6) is 1.08. The summed E-state index contributed by atoms with van der Waals surface area (Å²) in [4.78, 5) is 25.1. The highest BCUT2D eigenvalue weighted by Crippen LogP contribution is 2.22. The van der Waals surface area contributed by atoms with Gasteiger partial charge in [0.25, 0.3) is 6.47 Å². The first kappa shape index (κ1) is 58.0. The third kappa shape index (κ3) is 47.4. The van der Waals surface area contributed by atoms with Gasteiger partial charge in [-0.1, -0.05) is 221 Å². The Balaban J connectivity index is 0. The van der Waals surface area contributed by atoms with E-state index < -0.39 is 0 Å². The van der Waals surface area contributed by atoms with Gasteiger partial charge in [-0.3, -0.25) is 9.59 Å². The van der Waals surface area contributed by atoms with E-state index in [1.807, 2.05) is 0 Å². The van der Waals surface area contributed by atoms with Crippen LogP contribution < -0.4 is 0 Å². The molecule has 0 aliphatic heterocycles. The molecule has 0 fully saturated rings. The van der Waals surface area contributed by atoms with Crippen molar-refractivity contribution in [2.24, 2.45) is 11.8 Å². The van der Waals surface area contributed by atoms with Gasteiger partial charge < -0.3 is 19.5 Å². The molecule has 0 radical (unpaired) electrons. The average molecular weight is 810 g/mol. The number of carbonyl (C=O) groups excluding carboxylic acids is 2. The van der Waals surface area contributed by atoms with Crippen molar-refractivity contribution < 1.29 is 24.2 Å². The molecule has 342 valence electrons. The first-order valence-corrected chi connectivity index (χ1v) is 25.6. The van der Waals surface area contributed by atoms with Gasteiger partial charge in [0.2, 0.25) is 0 Å². The molecule has 0 aromatic heterocycles. The minimum Gasteiger partial charge on any atom is -0.468 e. The van der Waals surface area contributed by atoms with Gasteiger partial charge in [-0.15, -0.1) is 0 Å². The molecule has 0 bridgehead atoms. The molecule has 0 aromatic carbocycles. The summed E-state index contributed by atoms with van der Waals surface area (Å²) in [5, 5.41) is 9.24. The summed E-state index contributed by atoms with van der Waals surface area (Å²) in [5.41, 5.74) is 0. The number of aliphatic hydroxyl groups is 1. The van der Waals surface area contributed by atoms with Crippen LogP contribution in [0, 0.1) is 11.8 Å². The van der Waals surface area contributed by atoms with Crippen LogP contribution in [0.2, 0.25) is 0 Å². The molecular weight excluding hydrogens is 707 g/mol. The molecule has 0 heterocycles. The van der Waals surface area contributed by atoms with Crippen molar-refractivity contribution in [3.8, 4) is 0 Å². The van der Waals surface area contributed by atoms with Gasteiger partial charge in [0.05, 0.1) is 19.8 Å². The van der Waals surface area contributed by atoms with Gasteiger partial charge in [-0.05, 0) is 63.5 Å². The third-order valence-electron chi connectivity index (χ3n) is 11.8. The van der Waals surface area contributed by atoms with E-state index in [1.54, 1.807) is 0 Å². The molecule has 1 N–H and O–H groups in total. The predicted octanol–water partition coefficient (Wildman–Crippen LogP) is 15.4. The molecule has 6 heteroatoms. The lowest BCUT2D eigenvalue weighted by molar-refractivity contribution is -0.145. The molecule has 57 heavy (non-hydrogen) atoms. The number of ether oxygens (including phenoxy) is 2. The molecule has 0 aromatic rings. The Morgan fingerprint density at radius 2 is 0.789 bits per heavy atom. The van der Waals surface area contributed by atoms with Crippen molar-refractivity contribution in [3.63, 3.8) is 0 Å². The van der Waals surface area contributed by atoms with E-state index >= 15 is 0 Å². The van der Waals surface area contributed by atoms with E-state index in [-0.39, 0.29) is 12.6 Å². The van der Waals surface area contributed by atoms with E-state index in [2.05, 4.69) is 39.5 Å². The van der Waals surface area contributed by atoms with Crippen LogP contribution >= 0.6 is 0 Å². The summed E-state index contributed by atoms with van der Waals surface area (Å²) < 4.78 is 10.8. The maximum absolute atomic E-state index is 12.4. The number of hydrogen-bond donors (Lipinski definition) is 1. The second-order valence-corrected chi connectivity index (χ2v) is 17.5. The van der Waals surface area contributed by atoms with Crippen LogP contribution in [0.3, 0.4) is 0 Å². The Kier molecular flexibility index (Phi) is 51.9. The summed E-state index contributed by atoms with van der Waals surface area (Å²) >= 11 is 0. The quantitative estimate of drug-likeness (QED) is 0.0375. The van der Waals surface area contributed by atoms with E-state index in [0.717, 1.165) is 32.4 Å². The van der Waals surface area contributed by atoms with Crippen molar-refractivity contribution in [1.29, 1.82) is 0 Å². The number of carbonyl (C=O) groups is 2. The maximum Gasteiger partial charge on any atom is 0.305 e. The number of nitrogens with zero attached hydrogens (tertiary/aromatic N) is 1. The first-order chi connectivity index (χ1) is 28.0. The highest BCUT2D eigenvalue weighted by Gasteiger charge is 2.14. The number of unbranched alkanes of at least 4 members (excludes halogenated alkanes) is 25. The Morgan fingerprint density at radius 1 is 0.456 bits per heavy atom. The largest absolute Gasteiger partial charge is 0.468 e. The minimum atomic E-state index is -0.0386. The van der Waals surface area contributed by atoms with E-state index in [9.17, 15) is 14.7 Å². The normalized spacial score (nSPS) is 12.3. The first-order valence-electron chi connectivity index (χ1n) is 25.6. The fraction of sp³-hybridized carbons (Fsp3) is 0.961. The van der Waals surface area contributed by atoms with E-state index in [4.69, 9.17) is 9.47 Å². The zero-order valence-electron chi connectivity index (χ0n) is 39.5. The molecule has 0 rings (SSSR count). The van der Waals surface area contributed by atoms with Crippen LogP contribution in [0.25, 0.3) is 0 Å². The third-order valence-corrected chi connectivity index (χ3v) is 11.8. The lowest BCUT2D eigenvalue weighted by Crippen LogP contribution is -2.29. The second kappa shape index (κ2) is 51.0. The Hall–Kier alpha value is -1.14. The second-order valence-electron chi connectivity index (χ2n) is 17.5. The summed E-state index contributed by atoms with van der Waals surface area (Å²) in [6.07, 6.45) is 46.3. The highest BCUT2D eigenvalue weighted by atomic mass is 16.5. The lowest BCUT2D eigenvalue weighted by Gasteiger charge is -2.21. The number of hydrogen-bond acceptors (Lipinski definition) is 6. The van der Waals surface area contributed by atoms with Gasteiger partial charge in [-0.2, -0.15) is 0 Å². The fourth-order valence-corrected chi connectivity index (χ4v) is 7.95. The molecular formula is C51H103NO5. The molecule has 0 saturated carbocycles. The van der Waals surface area contributed by atoms with Crippen molar-refractivity contribution in [1.82, 2.24) is 4.90 Å². The predicted molar refractivity (Wildman–Crippen MR) is 248 cm³/mol. The van der Waals surface area contributed by atoms with Crippen LogP contribution in [-0.2, 0) is 19.1 Å². The zero-order valence-corrected chi connectivity index (χ0v) is 39.5. The maximum atomic E-state index is 12.4. The highest BCUT2D eigenvalue weighted by molar-refractivity contribution is 5.69.